The summed E-state index contributed by atoms with van der Waals surface area (Å²) in [5.41, 5.74) is 0. The van der Waals surface area contributed by atoms with E-state index in [1.165, 1.54) is 12.8 Å². The molecule has 1 N–H and O–H groups in total. The zero-order valence-electron chi connectivity index (χ0n) is 8.94. The van der Waals surface area contributed by atoms with Crippen molar-refractivity contribution in [3.05, 3.63) is 0 Å². The van der Waals surface area contributed by atoms with Crippen LogP contribution in [0.25, 0.3) is 0 Å². The lowest BCUT2D eigenvalue weighted by molar-refractivity contribution is -0.173. The molecular weight excluding hydrogens is 207 g/mol. The van der Waals surface area contributed by atoms with E-state index in [0.717, 1.165) is 12.3 Å². The summed E-state index contributed by atoms with van der Waals surface area (Å²) in [6, 6.07) is 0.458. The highest BCUT2D eigenvalue weighted by Crippen LogP contribution is 2.33. The maximum Gasteiger partial charge on any atom is 0.411 e. The summed E-state index contributed by atoms with van der Waals surface area (Å²) in [7, 11) is 0. The first-order valence-corrected chi connectivity index (χ1v) is 5.41. The molecule has 0 heterocycles. The number of alkyl halides is 3. The Morgan fingerprint density at radius 2 is 2.07 bits per heavy atom. The van der Waals surface area contributed by atoms with E-state index in [4.69, 9.17) is 0 Å². The Bertz CT molecular complexity index is 180. The fourth-order valence-corrected chi connectivity index (χ4v) is 1.65. The van der Waals surface area contributed by atoms with E-state index in [9.17, 15) is 13.2 Å². The number of hydrogen-bond donors (Lipinski definition) is 1. The Hall–Kier alpha value is -0.290. The van der Waals surface area contributed by atoms with Crippen molar-refractivity contribution in [3.8, 4) is 0 Å². The van der Waals surface area contributed by atoms with Crippen LogP contribution < -0.4 is 5.32 Å². The minimum Gasteiger partial charge on any atom is -0.371 e. The van der Waals surface area contributed by atoms with Gasteiger partial charge in [-0.3, -0.25) is 0 Å². The molecule has 1 aliphatic rings. The number of nitrogens with one attached hydrogen (secondary N) is 1. The fraction of sp³-hybridized carbons (Fsp3) is 1.00. The molecule has 0 amide bonds. The molecule has 5 heteroatoms. The minimum absolute atomic E-state index is 0.128. The van der Waals surface area contributed by atoms with Crippen LogP contribution in [0.2, 0.25) is 0 Å². The SMILES string of the molecule is CCC(NCCOCC(F)(F)F)C1CC1. The van der Waals surface area contributed by atoms with Crippen LogP contribution in [0, 0.1) is 5.92 Å². The zero-order valence-corrected chi connectivity index (χ0v) is 8.94. The Morgan fingerprint density at radius 3 is 2.53 bits per heavy atom. The average molecular weight is 225 g/mol. The Balaban J connectivity index is 1.96. The molecule has 0 aromatic carbocycles. The van der Waals surface area contributed by atoms with Crippen LogP contribution in [0.15, 0.2) is 0 Å². The first kappa shape index (κ1) is 12.8. The molecule has 0 radical (unpaired) electrons. The molecule has 0 aromatic rings. The molecule has 0 spiro atoms. The predicted molar refractivity (Wildman–Crippen MR) is 51.7 cm³/mol. The van der Waals surface area contributed by atoms with Crippen molar-refractivity contribution in [1.82, 2.24) is 5.32 Å². The normalized spacial score (nSPS) is 19.2. The summed E-state index contributed by atoms with van der Waals surface area (Å²) in [5.74, 6) is 0.734. The second-order valence-electron chi connectivity index (χ2n) is 3.97. The van der Waals surface area contributed by atoms with Gasteiger partial charge in [-0.25, -0.2) is 0 Å². The van der Waals surface area contributed by atoms with Crippen LogP contribution in [0.3, 0.4) is 0 Å². The van der Waals surface area contributed by atoms with Gasteiger partial charge in [-0.2, -0.15) is 13.2 Å². The molecule has 1 aliphatic carbocycles. The van der Waals surface area contributed by atoms with Gasteiger partial charge in [-0.05, 0) is 25.2 Å². The second-order valence-corrected chi connectivity index (χ2v) is 3.97. The number of halogens is 3. The first-order chi connectivity index (χ1) is 7.03. The summed E-state index contributed by atoms with van der Waals surface area (Å²) in [6.45, 7) is 1.58. The molecular formula is C10H18F3NO. The van der Waals surface area contributed by atoms with E-state index in [0.29, 0.717) is 12.6 Å². The lowest BCUT2D eigenvalue weighted by Crippen LogP contribution is -2.33. The van der Waals surface area contributed by atoms with Gasteiger partial charge < -0.3 is 10.1 Å². The third-order valence-electron chi connectivity index (χ3n) is 2.55. The number of ether oxygens (including phenoxy) is 1. The van der Waals surface area contributed by atoms with Crippen molar-refractivity contribution >= 4 is 0 Å². The molecule has 0 aromatic heterocycles. The van der Waals surface area contributed by atoms with Crippen molar-refractivity contribution in [3.63, 3.8) is 0 Å². The molecule has 15 heavy (non-hydrogen) atoms. The number of hydrogen-bond acceptors (Lipinski definition) is 2. The molecule has 1 fully saturated rings. The quantitative estimate of drug-likeness (QED) is 0.671. The van der Waals surface area contributed by atoms with Gasteiger partial charge in [-0.1, -0.05) is 6.92 Å². The molecule has 1 unspecified atom stereocenters. The predicted octanol–water partition coefficient (Wildman–Crippen LogP) is 2.34. The van der Waals surface area contributed by atoms with Gasteiger partial charge in [0.1, 0.15) is 6.61 Å². The standard InChI is InChI=1S/C10H18F3NO/c1-2-9(8-3-4-8)14-5-6-15-7-10(11,12)13/h8-9,14H,2-7H2,1H3. The average Bonchev–Trinajstić information content (AvgIpc) is 2.92. The van der Waals surface area contributed by atoms with Gasteiger partial charge in [0.05, 0.1) is 6.61 Å². The summed E-state index contributed by atoms with van der Waals surface area (Å²) < 4.78 is 39.6. The van der Waals surface area contributed by atoms with Crippen molar-refractivity contribution in [1.29, 1.82) is 0 Å². The van der Waals surface area contributed by atoms with E-state index in [2.05, 4.69) is 17.0 Å². The molecule has 1 rings (SSSR count). The number of rotatable bonds is 7. The summed E-state index contributed by atoms with van der Waals surface area (Å²) >= 11 is 0. The smallest absolute Gasteiger partial charge is 0.371 e. The third-order valence-corrected chi connectivity index (χ3v) is 2.55. The van der Waals surface area contributed by atoms with Crippen LogP contribution in [0.1, 0.15) is 26.2 Å². The van der Waals surface area contributed by atoms with Crippen molar-refractivity contribution in [2.45, 2.75) is 38.4 Å². The van der Waals surface area contributed by atoms with Crippen molar-refractivity contribution in [2.24, 2.45) is 5.92 Å². The van der Waals surface area contributed by atoms with Gasteiger partial charge in [0.15, 0.2) is 0 Å². The van der Waals surface area contributed by atoms with Gasteiger partial charge >= 0.3 is 6.18 Å². The second kappa shape index (κ2) is 5.70. The topological polar surface area (TPSA) is 21.3 Å². The van der Waals surface area contributed by atoms with Crippen LogP contribution in [0.5, 0.6) is 0 Å². The Labute approximate surface area is 88.2 Å². The highest BCUT2D eigenvalue weighted by molar-refractivity contribution is 4.85. The Morgan fingerprint density at radius 1 is 1.40 bits per heavy atom. The van der Waals surface area contributed by atoms with Gasteiger partial charge in [-0.15, -0.1) is 0 Å². The molecule has 0 aliphatic heterocycles. The van der Waals surface area contributed by atoms with Crippen LogP contribution in [0.4, 0.5) is 13.2 Å². The largest absolute Gasteiger partial charge is 0.411 e. The lowest BCUT2D eigenvalue weighted by atomic mass is 10.1. The molecule has 2 nitrogen and oxygen atoms in total. The summed E-state index contributed by atoms with van der Waals surface area (Å²) in [4.78, 5) is 0. The maximum absolute atomic E-state index is 11.7. The zero-order chi connectivity index (χ0) is 11.3. The van der Waals surface area contributed by atoms with E-state index in [1.807, 2.05) is 0 Å². The molecule has 0 bridgehead atoms. The van der Waals surface area contributed by atoms with E-state index in [-0.39, 0.29) is 6.61 Å². The fourth-order valence-electron chi connectivity index (χ4n) is 1.65. The van der Waals surface area contributed by atoms with Crippen LogP contribution in [-0.4, -0.2) is 32.0 Å². The van der Waals surface area contributed by atoms with Crippen molar-refractivity contribution in [2.75, 3.05) is 19.8 Å². The monoisotopic (exact) mass is 225 g/mol. The van der Waals surface area contributed by atoms with E-state index < -0.39 is 12.8 Å². The summed E-state index contributed by atoms with van der Waals surface area (Å²) in [6.07, 6.45) is -0.686. The maximum atomic E-state index is 11.7. The summed E-state index contributed by atoms with van der Waals surface area (Å²) in [5, 5.41) is 3.23. The first-order valence-electron chi connectivity index (χ1n) is 5.41. The molecule has 1 saturated carbocycles. The highest BCUT2D eigenvalue weighted by atomic mass is 19.4. The van der Waals surface area contributed by atoms with Gasteiger partial charge in [0.2, 0.25) is 0 Å². The minimum atomic E-state index is -4.21. The molecule has 90 valence electrons. The Kier molecular flexibility index (Phi) is 4.86. The lowest BCUT2D eigenvalue weighted by Gasteiger charge is -2.16. The van der Waals surface area contributed by atoms with Gasteiger partial charge in [0.25, 0.3) is 0 Å². The van der Waals surface area contributed by atoms with E-state index in [1.54, 1.807) is 0 Å². The molecule has 0 saturated heterocycles. The van der Waals surface area contributed by atoms with Gasteiger partial charge in [0, 0.05) is 12.6 Å². The molecule has 1 atom stereocenters. The van der Waals surface area contributed by atoms with Crippen LogP contribution >= 0.6 is 0 Å². The van der Waals surface area contributed by atoms with Crippen LogP contribution in [-0.2, 0) is 4.74 Å². The van der Waals surface area contributed by atoms with E-state index >= 15 is 0 Å². The highest BCUT2D eigenvalue weighted by Gasteiger charge is 2.29. The third kappa shape index (κ3) is 5.99. The van der Waals surface area contributed by atoms with Crippen molar-refractivity contribution < 1.29 is 17.9 Å².